The number of aromatic nitrogens is 2. The Hall–Kier alpha value is -3.86. The minimum atomic E-state index is -1.14. The van der Waals surface area contributed by atoms with Crippen LogP contribution in [0.4, 0.5) is 5.69 Å². The van der Waals surface area contributed by atoms with Crippen molar-refractivity contribution in [1.82, 2.24) is 10.2 Å². The van der Waals surface area contributed by atoms with E-state index in [4.69, 9.17) is 13.9 Å². The highest BCUT2D eigenvalue weighted by Crippen LogP contribution is 2.32. The second kappa shape index (κ2) is 10.4. The summed E-state index contributed by atoms with van der Waals surface area (Å²) in [6.07, 6.45) is 2.02. The fourth-order valence-electron chi connectivity index (χ4n) is 2.57. The molecule has 11 heteroatoms. The Labute approximate surface area is 187 Å². The molecule has 3 aromatic rings. The number of non-ortho nitro benzene ring substituents is 1. The fourth-order valence-corrected chi connectivity index (χ4v) is 3.26. The maximum Gasteiger partial charge on any atom is 0.342 e. The Morgan fingerprint density at radius 2 is 1.97 bits per heavy atom. The lowest BCUT2D eigenvalue weighted by atomic mass is 10.2. The van der Waals surface area contributed by atoms with Crippen molar-refractivity contribution in [2.75, 3.05) is 7.11 Å². The molecule has 10 nitrogen and oxygen atoms in total. The summed E-state index contributed by atoms with van der Waals surface area (Å²) in [6, 6.07) is 11.0. The van der Waals surface area contributed by atoms with Crippen LogP contribution in [0.3, 0.4) is 0 Å². The largest absolute Gasteiger partial charge is 0.493 e. The lowest BCUT2D eigenvalue weighted by Crippen LogP contribution is -1.99. The molecular weight excluding hydrogens is 438 g/mol. The summed E-state index contributed by atoms with van der Waals surface area (Å²) in [7, 11) is 1.47. The number of carboxylic acids is 1. The van der Waals surface area contributed by atoms with E-state index in [2.05, 4.69) is 10.2 Å². The smallest absolute Gasteiger partial charge is 0.342 e. The first-order chi connectivity index (χ1) is 15.4. The zero-order chi connectivity index (χ0) is 23.1. The quantitative estimate of drug-likeness (QED) is 0.202. The molecule has 0 atom stereocenters. The zero-order valence-corrected chi connectivity index (χ0v) is 18.0. The summed E-state index contributed by atoms with van der Waals surface area (Å²) in [4.78, 5) is 21.9. The number of aliphatic carboxylic acids is 1. The molecule has 0 spiro atoms. The van der Waals surface area contributed by atoms with Gasteiger partial charge in [0.05, 0.1) is 12.0 Å². The number of hydrogen-bond acceptors (Lipinski definition) is 9. The number of nitro benzene ring substituents is 1. The van der Waals surface area contributed by atoms with Gasteiger partial charge in [-0.3, -0.25) is 10.1 Å². The molecular formula is C21H19N3O7S. The molecule has 0 unspecified atom stereocenters. The van der Waals surface area contributed by atoms with E-state index in [1.54, 1.807) is 30.3 Å². The molecule has 32 heavy (non-hydrogen) atoms. The van der Waals surface area contributed by atoms with Crippen LogP contribution in [0, 0.1) is 10.1 Å². The Morgan fingerprint density at radius 1 is 1.22 bits per heavy atom. The number of hydrogen-bond donors (Lipinski definition) is 1. The van der Waals surface area contributed by atoms with Gasteiger partial charge in [-0.2, -0.15) is 0 Å². The van der Waals surface area contributed by atoms with E-state index in [-0.39, 0.29) is 22.4 Å². The third-order valence-electron chi connectivity index (χ3n) is 4.19. The molecule has 0 aliphatic heterocycles. The van der Waals surface area contributed by atoms with Crippen molar-refractivity contribution in [2.45, 2.75) is 25.2 Å². The lowest BCUT2D eigenvalue weighted by Gasteiger charge is -2.11. The summed E-state index contributed by atoms with van der Waals surface area (Å²) in [5.41, 5.74) is 1.32. The van der Waals surface area contributed by atoms with Gasteiger partial charge in [0.25, 0.3) is 10.9 Å². The molecule has 0 fully saturated rings. The fraction of sp³-hybridized carbons (Fsp3) is 0.190. The molecule has 2 aromatic carbocycles. The normalized spacial score (nSPS) is 11.2. The van der Waals surface area contributed by atoms with Crippen LogP contribution in [0.5, 0.6) is 11.5 Å². The molecule has 0 saturated carbocycles. The summed E-state index contributed by atoms with van der Waals surface area (Å²) in [6.45, 7) is 2.03. The van der Waals surface area contributed by atoms with Crippen LogP contribution in [-0.4, -0.2) is 33.3 Å². The van der Waals surface area contributed by atoms with Crippen LogP contribution in [0.25, 0.3) is 6.08 Å². The lowest BCUT2D eigenvalue weighted by molar-refractivity contribution is -0.384. The van der Waals surface area contributed by atoms with E-state index < -0.39 is 10.9 Å². The first kappa shape index (κ1) is 22.8. The van der Waals surface area contributed by atoms with Gasteiger partial charge in [0.2, 0.25) is 5.89 Å². The van der Waals surface area contributed by atoms with Crippen molar-refractivity contribution in [2.24, 2.45) is 0 Å². The van der Waals surface area contributed by atoms with Crippen molar-refractivity contribution in [3.8, 4) is 11.5 Å². The number of nitrogens with zero attached hydrogens (tertiary/aromatic N) is 3. The molecule has 0 saturated heterocycles. The van der Waals surface area contributed by atoms with Crippen LogP contribution in [-0.2, 0) is 17.8 Å². The van der Waals surface area contributed by atoms with Crippen molar-refractivity contribution in [1.29, 1.82) is 0 Å². The Bertz CT molecular complexity index is 1140. The molecule has 3 rings (SSSR count). The Balaban J connectivity index is 1.75. The van der Waals surface area contributed by atoms with Crippen molar-refractivity contribution >= 4 is 29.5 Å². The number of methoxy groups -OCH3 is 1. The molecule has 0 bridgehead atoms. The van der Waals surface area contributed by atoms with Crippen LogP contribution >= 0.6 is 11.8 Å². The third kappa shape index (κ3) is 5.85. The molecule has 0 aliphatic rings. The third-order valence-corrected chi connectivity index (χ3v) is 5.04. The van der Waals surface area contributed by atoms with E-state index in [1.807, 2.05) is 6.92 Å². The van der Waals surface area contributed by atoms with Gasteiger partial charge in [-0.25, -0.2) is 4.79 Å². The van der Waals surface area contributed by atoms with E-state index in [1.165, 1.54) is 25.3 Å². The average Bonchev–Trinajstić information content (AvgIpc) is 3.25. The van der Waals surface area contributed by atoms with E-state index in [0.717, 1.165) is 17.3 Å². The first-order valence-electron chi connectivity index (χ1n) is 9.39. The summed E-state index contributed by atoms with van der Waals surface area (Å²) in [5, 5.41) is 28.1. The first-order valence-corrected chi connectivity index (χ1v) is 10.2. The van der Waals surface area contributed by atoms with Crippen LogP contribution in [0.15, 0.2) is 57.0 Å². The number of ether oxygens (including phenoxy) is 2. The highest BCUT2D eigenvalue weighted by molar-refractivity contribution is 8.03. The van der Waals surface area contributed by atoms with Gasteiger partial charge in [-0.05, 0) is 53.2 Å². The second-order valence-corrected chi connectivity index (χ2v) is 7.35. The van der Waals surface area contributed by atoms with Crippen LogP contribution < -0.4 is 9.47 Å². The van der Waals surface area contributed by atoms with Gasteiger partial charge < -0.3 is 19.0 Å². The highest BCUT2D eigenvalue weighted by atomic mass is 32.2. The molecule has 1 aromatic heterocycles. The van der Waals surface area contributed by atoms with Gasteiger partial charge >= 0.3 is 5.97 Å². The van der Waals surface area contributed by atoms with Crippen molar-refractivity contribution in [3.05, 3.63) is 74.5 Å². The monoisotopic (exact) mass is 457 g/mol. The number of carboxylic acid groups (broad SMARTS) is 1. The minimum Gasteiger partial charge on any atom is -0.493 e. The van der Waals surface area contributed by atoms with Gasteiger partial charge in [0, 0.05) is 18.6 Å². The number of nitro groups is 1. The van der Waals surface area contributed by atoms with Crippen LogP contribution in [0.2, 0.25) is 0 Å². The SMILES string of the molecule is CCc1nnc(S/C(=C\c2ccc(OCc3ccc([N+](=O)[O-])cc3)c(OC)c2)C(=O)O)o1. The summed E-state index contributed by atoms with van der Waals surface area (Å²) < 4.78 is 16.5. The number of aryl methyl sites for hydroxylation is 1. The van der Waals surface area contributed by atoms with Crippen LogP contribution in [0.1, 0.15) is 23.9 Å². The van der Waals surface area contributed by atoms with Gasteiger partial charge in [-0.15, -0.1) is 10.2 Å². The standard InChI is InChI=1S/C21H19N3O7S/c1-3-19-22-23-21(31-19)32-18(20(25)26)11-14-6-9-16(17(10-14)29-2)30-12-13-4-7-15(8-5-13)24(27)28/h4-11H,3,12H2,1-2H3,(H,25,26)/b18-11-. The molecule has 1 N–H and O–H groups in total. The average molecular weight is 457 g/mol. The van der Waals surface area contributed by atoms with E-state index in [0.29, 0.717) is 29.4 Å². The predicted octanol–water partition coefficient (Wildman–Crippen LogP) is 4.35. The van der Waals surface area contributed by atoms with Gasteiger partial charge in [0.15, 0.2) is 11.5 Å². The molecule has 0 amide bonds. The number of benzene rings is 2. The zero-order valence-electron chi connectivity index (χ0n) is 17.2. The maximum atomic E-state index is 11.7. The Morgan fingerprint density at radius 3 is 2.56 bits per heavy atom. The molecule has 0 aliphatic carbocycles. The second-order valence-electron chi connectivity index (χ2n) is 6.35. The van der Waals surface area contributed by atoms with E-state index in [9.17, 15) is 20.0 Å². The summed E-state index contributed by atoms with van der Waals surface area (Å²) in [5.74, 6) is 0.135. The van der Waals surface area contributed by atoms with Gasteiger partial charge in [0.1, 0.15) is 11.5 Å². The number of rotatable bonds is 10. The minimum absolute atomic E-state index is 0.000947. The number of thioether (sulfide) groups is 1. The predicted molar refractivity (Wildman–Crippen MR) is 116 cm³/mol. The molecule has 1 heterocycles. The van der Waals surface area contributed by atoms with Gasteiger partial charge in [-0.1, -0.05) is 13.0 Å². The number of carbonyl (C=O) groups is 1. The topological polar surface area (TPSA) is 138 Å². The summed E-state index contributed by atoms with van der Waals surface area (Å²) >= 11 is 0.857. The highest BCUT2D eigenvalue weighted by Gasteiger charge is 2.16. The van der Waals surface area contributed by atoms with Crippen molar-refractivity contribution in [3.63, 3.8) is 0 Å². The maximum absolute atomic E-state index is 11.7. The van der Waals surface area contributed by atoms with E-state index >= 15 is 0 Å². The molecule has 0 radical (unpaired) electrons. The molecule has 166 valence electrons. The van der Waals surface area contributed by atoms with Crippen molar-refractivity contribution < 1.29 is 28.7 Å². The Kier molecular flexibility index (Phi) is 7.45.